The van der Waals surface area contributed by atoms with Crippen molar-refractivity contribution in [3.63, 3.8) is 0 Å². The van der Waals surface area contributed by atoms with Crippen molar-refractivity contribution in [1.82, 2.24) is 14.9 Å². The molecule has 2 N–H and O–H groups in total. The van der Waals surface area contributed by atoms with Gasteiger partial charge in [-0.25, -0.2) is 5.48 Å². The molecule has 0 spiro atoms. The van der Waals surface area contributed by atoms with Gasteiger partial charge in [-0.2, -0.15) is 0 Å². The maximum atomic E-state index is 12.6. The van der Waals surface area contributed by atoms with E-state index in [2.05, 4.69) is 0 Å². The minimum absolute atomic E-state index is 0.0286. The molecule has 2 amide bonds. The second-order valence-electron chi connectivity index (χ2n) is 5.34. The summed E-state index contributed by atoms with van der Waals surface area (Å²) >= 11 is 1.50. The summed E-state index contributed by atoms with van der Waals surface area (Å²) in [6.07, 6.45) is 2.54. The van der Waals surface area contributed by atoms with Crippen LogP contribution in [0.4, 0.5) is 0 Å². The third kappa shape index (κ3) is 2.77. The van der Waals surface area contributed by atoms with Crippen LogP contribution in [0.5, 0.6) is 0 Å². The summed E-state index contributed by atoms with van der Waals surface area (Å²) in [7, 11) is 0. The fourth-order valence-corrected chi connectivity index (χ4v) is 3.50. The number of thiophene rings is 1. The lowest BCUT2D eigenvalue weighted by Crippen LogP contribution is -2.30. The number of rotatable bonds is 2. The molecule has 0 aliphatic carbocycles. The molecular formula is C15H17N3O3S. The van der Waals surface area contributed by atoms with Crippen molar-refractivity contribution in [1.29, 1.82) is 0 Å². The lowest BCUT2D eigenvalue weighted by atomic mass is 10.2. The van der Waals surface area contributed by atoms with Gasteiger partial charge in [-0.3, -0.25) is 14.8 Å². The highest BCUT2D eigenvalue weighted by molar-refractivity contribution is 7.13. The molecule has 0 unspecified atom stereocenters. The number of amides is 2. The average molecular weight is 319 g/mol. The van der Waals surface area contributed by atoms with Gasteiger partial charge in [0.2, 0.25) is 0 Å². The maximum Gasteiger partial charge on any atom is 0.276 e. The number of fused-ring (bicyclic) bond motifs is 1. The largest absolute Gasteiger partial charge is 0.349 e. The van der Waals surface area contributed by atoms with Crippen molar-refractivity contribution in [2.24, 2.45) is 0 Å². The molecule has 22 heavy (non-hydrogen) atoms. The Morgan fingerprint density at radius 2 is 2.14 bits per heavy atom. The molecule has 2 aromatic heterocycles. The number of nitrogens with one attached hydrogen (secondary N) is 1. The predicted octanol–water partition coefficient (Wildman–Crippen LogP) is 2.02. The van der Waals surface area contributed by atoms with Crippen LogP contribution in [0.3, 0.4) is 0 Å². The van der Waals surface area contributed by atoms with Gasteiger partial charge >= 0.3 is 0 Å². The van der Waals surface area contributed by atoms with Crippen LogP contribution in [0.15, 0.2) is 24.4 Å². The lowest BCUT2D eigenvalue weighted by Gasteiger charge is -2.19. The zero-order valence-corrected chi connectivity index (χ0v) is 13.0. The molecule has 0 aromatic carbocycles. The van der Waals surface area contributed by atoms with Gasteiger partial charge in [0.15, 0.2) is 0 Å². The molecule has 3 heterocycles. The first-order valence-electron chi connectivity index (χ1n) is 7.07. The molecule has 116 valence electrons. The van der Waals surface area contributed by atoms with Crippen LogP contribution in [0, 0.1) is 6.92 Å². The van der Waals surface area contributed by atoms with Gasteiger partial charge in [0, 0.05) is 29.9 Å². The van der Waals surface area contributed by atoms with Crippen molar-refractivity contribution in [3.05, 3.63) is 45.4 Å². The second kappa shape index (κ2) is 5.94. The summed E-state index contributed by atoms with van der Waals surface area (Å²) in [5, 5.41) is 8.72. The molecule has 0 bridgehead atoms. The Hall–Kier alpha value is -2.12. The van der Waals surface area contributed by atoms with Crippen LogP contribution in [-0.4, -0.2) is 33.0 Å². The molecule has 3 rings (SSSR count). The van der Waals surface area contributed by atoms with Crippen molar-refractivity contribution in [2.45, 2.75) is 26.4 Å². The van der Waals surface area contributed by atoms with E-state index in [1.165, 1.54) is 11.3 Å². The Bertz CT molecular complexity index is 719. The Morgan fingerprint density at radius 3 is 2.82 bits per heavy atom. The normalized spacial score (nSPS) is 14.4. The number of aryl methyl sites for hydroxylation is 2. The van der Waals surface area contributed by atoms with Crippen molar-refractivity contribution in [2.75, 3.05) is 6.54 Å². The molecule has 1 aliphatic heterocycles. The van der Waals surface area contributed by atoms with E-state index >= 15 is 0 Å². The summed E-state index contributed by atoms with van der Waals surface area (Å²) < 4.78 is 1.97. The first kappa shape index (κ1) is 14.8. The minimum Gasteiger partial charge on any atom is -0.349 e. The number of aromatic nitrogens is 1. The van der Waals surface area contributed by atoms with Crippen LogP contribution >= 0.6 is 11.3 Å². The van der Waals surface area contributed by atoms with Crippen molar-refractivity contribution in [3.8, 4) is 0 Å². The number of hydroxylamine groups is 1. The van der Waals surface area contributed by atoms with E-state index in [0.29, 0.717) is 18.7 Å². The van der Waals surface area contributed by atoms with E-state index in [1.807, 2.05) is 28.5 Å². The van der Waals surface area contributed by atoms with E-state index in [4.69, 9.17) is 5.21 Å². The van der Waals surface area contributed by atoms with Crippen molar-refractivity contribution >= 4 is 23.2 Å². The highest BCUT2D eigenvalue weighted by atomic mass is 32.1. The molecular weight excluding hydrogens is 302 g/mol. The summed E-state index contributed by atoms with van der Waals surface area (Å²) in [6.45, 7) is 3.89. The van der Waals surface area contributed by atoms with Crippen molar-refractivity contribution < 1.29 is 14.8 Å². The number of carbonyl (C=O) groups is 2. The van der Waals surface area contributed by atoms with E-state index in [1.54, 1.807) is 17.7 Å². The third-order valence-corrected chi connectivity index (χ3v) is 4.76. The molecule has 7 heteroatoms. The quantitative estimate of drug-likeness (QED) is 0.657. The molecule has 0 radical (unpaired) electrons. The van der Waals surface area contributed by atoms with Crippen LogP contribution < -0.4 is 5.48 Å². The Labute approximate surface area is 131 Å². The minimum atomic E-state index is -0.535. The van der Waals surface area contributed by atoms with Gasteiger partial charge in [-0.15, -0.1) is 11.3 Å². The van der Waals surface area contributed by atoms with E-state index < -0.39 is 5.91 Å². The zero-order valence-electron chi connectivity index (χ0n) is 12.2. The van der Waals surface area contributed by atoms with Crippen LogP contribution in [0.25, 0.3) is 0 Å². The van der Waals surface area contributed by atoms with Gasteiger partial charge in [-0.1, -0.05) is 0 Å². The molecule has 2 aromatic rings. The maximum absolute atomic E-state index is 12.6. The fraction of sp³-hybridized carbons (Fsp3) is 0.333. The lowest BCUT2D eigenvalue weighted by molar-refractivity contribution is 0.0706. The SMILES string of the molecule is Cc1ccc(C(=O)N2CCCn3cc(C(=O)NO)cc3C2)s1. The Balaban J connectivity index is 1.83. The van der Waals surface area contributed by atoms with Crippen LogP contribution in [0.1, 0.15) is 37.0 Å². The zero-order chi connectivity index (χ0) is 15.7. The number of hydrogen-bond acceptors (Lipinski definition) is 4. The Morgan fingerprint density at radius 1 is 1.32 bits per heavy atom. The highest BCUT2D eigenvalue weighted by Gasteiger charge is 2.22. The summed E-state index contributed by atoms with van der Waals surface area (Å²) in [4.78, 5) is 27.7. The van der Waals surface area contributed by atoms with Crippen LogP contribution in [-0.2, 0) is 13.1 Å². The predicted molar refractivity (Wildman–Crippen MR) is 82.1 cm³/mol. The fourth-order valence-electron chi connectivity index (χ4n) is 2.67. The topological polar surface area (TPSA) is 74.6 Å². The molecule has 6 nitrogen and oxygen atoms in total. The molecule has 0 atom stereocenters. The standard InChI is InChI=1S/C15H17N3O3S/c1-10-3-4-13(22-10)15(20)18-6-2-5-17-8-11(14(19)16-21)7-12(17)9-18/h3-4,7-8,21H,2,5-6,9H2,1H3,(H,16,19). The van der Waals surface area contributed by atoms with E-state index in [0.717, 1.165) is 28.4 Å². The van der Waals surface area contributed by atoms with Gasteiger partial charge in [0.25, 0.3) is 11.8 Å². The monoisotopic (exact) mass is 319 g/mol. The van der Waals surface area contributed by atoms with Gasteiger partial charge in [-0.05, 0) is 31.5 Å². The number of carbonyl (C=O) groups excluding carboxylic acids is 2. The summed E-state index contributed by atoms with van der Waals surface area (Å²) in [6, 6.07) is 5.52. The van der Waals surface area contributed by atoms with Crippen LogP contribution in [0.2, 0.25) is 0 Å². The third-order valence-electron chi connectivity index (χ3n) is 3.77. The van der Waals surface area contributed by atoms with Gasteiger partial charge < -0.3 is 9.47 Å². The van der Waals surface area contributed by atoms with Gasteiger partial charge in [0.05, 0.1) is 17.0 Å². The first-order chi connectivity index (χ1) is 10.6. The molecule has 0 fully saturated rings. The summed E-state index contributed by atoms with van der Waals surface area (Å²) in [5.41, 5.74) is 2.94. The second-order valence-corrected chi connectivity index (χ2v) is 6.63. The smallest absolute Gasteiger partial charge is 0.276 e. The number of hydrogen-bond donors (Lipinski definition) is 2. The molecule has 0 saturated carbocycles. The first-order valence-corrected chi connectivity index (χ1v) is 7.89. The average Bonchev–Trinajstić information content (AvgIpc) is 3.07. The van der Waals surface area contributed by atoms with E-state index in [9.17, 15) is 9.59 Å². The van der Waals surface area contributed by atoms with E-state index in [-0.39, 0.29) is 5.91 Å². The summed E-state index contributed by atoms with van der Waals surface area (Å²) in [5.74, 6) is -0.506. The van der Waals surface area contributed by atoms with Gasteiger partial charge in [0.1, 0.15) is 0 Å². The molecule has 1 aliphatic rings. The number of nitrogens with zero attached hydrogens (tertiary/aromatic N) is 2. The highest BCUT2D eigenvalue weighted by Crippen LogP contribution is 2.21. The molecule has 0 saturated heterocycles. The Kier molecular flexibility index (Phi) is 4.00.